The molecule has 0 amide bonds. The third kappa shape index (κ3) is 11.9. The van der Waals surface area contributed by atoms with Gasteiger partial charge in [-0.3, -0.25) is 14.0 Å². The number of terminal acetylenes is 1. The fourth-order valence-corrected chi connectivity index (χ4v) is 8.09. The first kappa shape index (κ1) is 40.0. The van der Waals surface area contributed by atoms with Crippen molar-refractivity contribution in [2.24, 2.45) is 0 Å². The van der Waals surface area contributed by atoms with Gasteiger partial charge in [-0.1, -0.05) is 5.92 Å². The third-order valence-electron chi connectivity index (χ3n) is 7.77. The molecule has 3 unspecified atom stereocenters. The number of anilines is 1. The number of aliphatic hydroxyl groups is 2. The van der Waals surface area contributed by atoms with Gasteiger partial charge in [-0.2, -0.15) is 15.1 Å². The number of aromatic nitrogens is 4. The molecule has 0 spiro atoms. The summed E-state index contributed by atoms with van der Waals surface area (Å²) in [5, 5.41) is 26.0. The SMILES string of the molecule is C#CCOCCOCCOCCOCCN1CCC(N(C)c2nc(Cl)nc3c2cnn3C2O[C@H](COP(=O)(O)CP(=O)(O)O)[C@@H](O)[C@H]2O)C1. The molecule has 5 N–H and O–H groups in total. The highest BCUT2D eigenvalue weighted by atomic mass is 35.5. The van der Waals surface area contributed by atoms with Crippen LogP contribution in [0.15, 0.2) is 6.20 Å². The van der Waals surface area contributed by atoms with E-state index >= 15 is 0 Å². The van der Waals surface area contributed by atoms with Crippen LogP contribution in [-0.4, -0.2) is 166 Å². The number of hydrogen-bond donors (Lipinski definition) is 5. The molecule has 19 nitrogen and oxygen atoms in total. The predicted octanol–water partition coefficient (Wildman–Crippen LogP) is -0.354. The van der Waals surface area contributed by atoms with Gasteiger partial charge in [0.1, 0.15) is 30.7 Å². The number of hydrogen-bond acceptors (Lipinski definition) is 15. The Hall–Kier alpha value is -1.82. The molecule has 276 valence electrons. The summed E-state index contributed by atoms with van der Waals surface area (Å²) in [4.78, 5) is 40.7. The molecule has 2 fully saturated rings. The van der Waals surface area contributed by atoms with E-state index in [1.165, 1.54) is 10.9 Å². The minimum atomic E-state index is -4.86. The zero-order chi connectivity index (χ0) is 35.6. The summed E-state index contributed by atoms with van der Waals surface area (Å²) in [6.45, 7) is 5.15. The van der Waals surface area contributed by atoms with E-state index in [1.54, 1.807) is 0 Å². The summed E-state index contributed by atoms with van der Waals surface area (Å²) in [6.07, 6.45) is 1.66. The number of likely N-dealkylation sites (N-methyl/N-ethyl adjacent to an activating group) is 1. The summed E-state index contributed by atoms with van der Waals surface area (Å²) in [7, 11) is -7.69. The molecule has 2 aliphatic rings. The van der Waals surface area contributed by atoms with Crippen molar-refractivity contribution in [3.63, 3.8) is 0 Å². The second-order valence-electron chi connectivity index (χ2n) is 11.4. The lowest BCUT2D eigenvalue weighted by Crippen LogP contribution is -2.36. The van der Waals surface area contributed by atoms with E-state index in [1.807, 2.05) is 11.9 Å². The molecule has 0 radical (unpaired) electrons. The maximum atomic E-state index is 12.0. The molecule has 2 aliphatic heterocycles. The molecule has 4 rings (SSSR count). The molecule has 0 aliphatic carbocycles. The molecule has 0 saturated carbocycles. The van der Waals surface area contributed by atoms with Crippen LogP contribution in [0, 0.1) is 12.3 Å². The van der Waals surface area contributed by atoms with Gasteiger partial charge in [0.2, 0.25) is 5.28 Å². The molecule has 49 heavy (non-hydrogen) atoms. The van der Waals surface area contributed by atoms with Gasteiger partial charge in [-0.05, 0) is 18.0 Å². The van der Waals surface area contributed by atoms with Crippen molar-refractivity contribution in [1.82, 2.24) is 24.6 Å². The van der Waals surface area contributed by atoms with Crippen molar-refractivity contribution < 1.29 is 62.2 Å². The van der Waals surface area contributed by atoms with E-state index < -0.39 is 52.2 Å². The number of halogens is 1. The van der Waals surface area contributed by atoms with Crippen LogP contribution in [0.1, 0.15) is 12.6 Å². The molecule has 0 aromatic carbocycles. The molecule has 4 heterocycles. The molecule has 6 atom stereocenters. The van der Waals surface area contributed by atoms with Crippen LogP contribution in [0.4, 0.5) is 5.82 Å². The molecule has 0 bridgehead atoms. The number of fused-ring (bicyclic) bond motifs is 1. The van der Waals surface area contributed by atoms with E-state index in [0.717, 1.165) is 26.1 Å². The van der Waals surface area contributed by atoms with Gasteiger partial charge in [0.15, 0.2) is 17.8 Å². The van der Waals surface area contributed by atoms with Gasteiger partial charge in [0.05, 0.1) is 64.4 Å². The van der Waals surface area contributed by atoms with Crippen LogP contribution in [0.5, 0.6) is 0 Å². The van der Waals surface area contributed by atoms with Crippen LogP contribution in [0.2, 0.25) is 5.28 Å². The highest BCUT2D eigenvalue weighted by Gasteiger charge is 2.46. The molecule has 2 aromatic rings. The number of nitrogens with zero attached hydrogens (tertiary/aromatic N) is 6. The molecular weight excluding hydrogens is 714 g/mol. The highest BCUT2D eigenvalue weighted by Crippen LogP contribution is 2.55. The molecule has 2 saturated heterocycles. The monoisotopic (exact) mass is 756 g/mol. The quantitative estimate of drug-likeness (QED) is 0.0473. The molecule has 2 aromatic heterocycles. The van der Waals surface area contributed by atoms with Crippen molar-refractivity contribution in [2.45, 2.75) is 37.0 Å². The fraction of sp³-hybridized carbons (Fsp3) is 0.741. The molecular formula is C27H43ClN6O13P2. The Kier molecular flexibility index (Phi) is 15.2. The first-order chi connectivity index (χ1) is 23.3. The van der Waals surface area contributed by atoms with Gasteiger partial charge in [0.25, 0.3) is 0 Å². The highest BCUT2D eigenvalue weighted by molar-refractivity contribution is 7.70. The summed E-state index contributed by atoms with van der Waals surface area (Å²) in [5.74, 6) is 1.48. The minimum Gasteiger partial charge on any atom is -0.387 e. The Morgan fingerprint density at radius 2 is 1.69 bits per heavy atom. The standard InChI is InChI=1S/C27H43ClN6O13P2/c1-3-7-42-9-11-44-13-14-45-12-10-43-8-6-33-5-4-19(16-33)32(2)24-20-15-29-34(25(20)31-27(28)30-24)26-23(36)22(35)21(47-26)17-46-49(40,41)18-48(37,38)39/h1,15,19,21-23,26,35-36H,4-14,16-18H2,2H3,(H,40,41)(H2,37,38,39)/t19?,21-,22-,23-,26?/m1/s1. The topological polar surface area (TPSA) is 241 Å². The lowest BCUT2D eigenvalue weighted by molar-refractivity contribution is -0.0541. The van der Waals surface area contributed by atoms with Crippen molar-refractivity contribution in [1.29, 1.82) is 0 Å². The van der Waals surface area contributed by atoms with Gasteiger partial charge in [0, 0.05) is 32.7 Å². The normalized spacial score (nSPS) is 24.4. The van der Waals surface area contributed by atoms with Crippen molar-refractivity contribution in [2.75, 3.05) is 96.9 Å². The maximum absolute atomic E-state index is 12.0. The van der Waals surface area contributed by atoms with E-state index in [4.69, 9.17) is 56.0 Å². The summed E-state index contributed by atoms with van der Waals surface area (Å²) in [6, 6.07) is 0.0804. The van der Waals surface area contributed by atoms with Gasteiger partial charge in [-0.15, -0.1) is 6.42 Å². The predicted molar refractivity (Wildman–Crippen MR) is 174 cm³/mol. The van der Waals surface area contributed by atoms with E-state index in [0.29, 0.717) is 57.5 Å². The van der Waals surface area contributed by atoms with Gasteiger partial charge >= 0.3 is 15.2 Å². The van der Waals surface area contributed by atoms with Crippen molar-refractivity contribution >= 4 is 43.6 Å². The average molecular weight is 757 g/mol. The van der Waals surface area contributed by atoms with E-state index in [-0.39, 0.29) is 23.6 Å². The zero-order valence-electron chi connectivity index (χ0n) is 26.9. The van der Waals surface area contributed by atoms with E-state index in [9.17, 15) is 24.2 Å². The summed E-state index contributed by atoms with van der Waals surface area (Å²) >= 11 is 6.31. The Bertz CT molecular complexity index is 1490. The van der Waals surface area contributed by atoms with Crippen LogP contribution in [-0.2, 0) is 37.3 Å². The second kappa shape index (κ2) is 18.6. The Morgan fingerprint density at radius 1 is 1.04 bits per heavy atom. The van der Waals surface area contributed by atoms with Gasteiger partial charge in [-0.25, -0.2) is 4.68 Å². The maximum Gasteiger partial charge on any atom is 0.340 e. The van der Waals surface area contributed by atoms with E-state index in [2.05, 4.69) is 25.9 Å². The Labute approximate surface area is 288 Å². The lowest BCUT2D eigenvalue weighted by Gasteiger charge is -2.26. The zero-order valence-corrected chi connectivity index (χ0v) is 29.4. The summed E-state index contributed by atoms with van der Waals surface area (Å²) in [5.41, 5.74) is 0.208. The Balaban J connectivity index is 1.25. The van der Waals surface area contributed by atoms with Crippen LogP contribution in [0.25, 0.3) is 11.0 Å². The first-order valence-electron chi connectivity index (χ1n) is 15.4. The van der Waals surface area contributed by atoms with Gasteiger partial charge < -0.3 is 58.0 Å². The first-order valence-corrected chi connectivity index (χ1v) is 19.4. The van der Waals surface area contributed by atoms with Crippen LogP contribution in [0.3, 0.4) is 0 Å². The van der Waals surface area contributed by atoms with Crippen LogP contribution >= 0.6 is 26.8 Å². The average Bonchev–Trinajstić information content (AvgIpc) is 3.75. The largest absolute Gasteiger partial charge is 0.387 e. The third-order valence-corrected chi connectivity index (χ3v) is 11.4. The number of aliphatic hydroxyl groups excluding tert-OH is 2. The lowest BCUT2D eigenvalue weighted by atomic mass is 10.1. The number of ether oxygens (including phenoxy) is 5. The summed E-state index contributed by atoms with van der Waals surface area (Å²) < 4.78 is 56.6. The van der Waals surface area contributed by atoms with Crippen LogP contribution < -0.4 is 4.90 Å². The fourth-order valence-electron chi connectivity index (χ4n) is 5.36. The van der Waals surface area contributed by atoms with Crippen molar-refractivity contribution in [3.05, 3.63) is 11.5 Å². The number of rotatable bonds is 21. The Morgan fingerprint density at radius 3 is 2.35 bits per heavy atom. The minimum absolute atomic E-state index is 0.0804. The van der Waals surface area contributed by atoms with Crippen molar-refractivity contribution in [3.8, 4) is 12.3 Å². The molecule has 22 heteroatoms. The number of likely N-dealkylation sites (tertiary alicyclic amines) is 1. The smallest absolute Gasteiger partial charge is 0.340 e. The second-order valence-corrected chi connectivity index (χ2v) is 15.7.